The van der Waals surface area contributed by atoms with Crippen molar-refractivity contribution in [3.8, 4) is 16.9 Å². The van der Waals surface area contributed by atoms with E-state index in [-0.39, 0.29) is 11.2 Å². The first-order valence-electron chi connectivity index (χ1n) is 9.31. The summed E-state index contributed by atoms with van der Waals surface area (Å²) in [7, 11) is 0. The van der Waals surface area contributed by atoms with Crippen molar-refractivity contribution >= 4 is 22.6 Å². The smallest absolute Gasteiger partial charge is 0.200 e. The molecule has 2 aromatic carbocycles. The Morgan fingerprint density at radius 3 is 2.70 bits per heavy atom. The standard InChI is InChI=1S/C22H22ClNO3/c1-14-4-2-3-11-24(14)12-18-20(25)10-9-17-21(26)19(13-27-22(17)18)15-5-7-16(23)8-6-15/h5-10,13-14,25H,2-4,11-12H2,1H3/t14-/m0/s1. The van der Waals surface area contributed by atoms with Crippen molar-refractivity contribution < 1.29 is 9.52 Å². The fraction of sp³-hybridized carbons (Fsp3) is 0.318. The van der Waals surface area contributed by atoms with Crippen molar-refractivity contribution in [3.05, 3.63) is 63.5 Å². The van der Waals surface area contributed by atoms with Gasteiger partial charge in [0.15, 0.2) is 0 Å². The lowest BCUT2D eigenvalue weighted by atomic mass is 10.0. The lowest BCUT2D eigenvalue weighted by Gasteiger charge is -2.33. The maximum absolute atomic E-state index is 13.0. The highest BCUT2D eigenvalue weighted by atomic mass is 35.5. The van der Waals surface area contributed by atoms with Gasteiger partial charge in [0.2, 0.25) is 5.43 Å². The molecule has 5 heteroatoms. The van der Waals surface area contributed by atoms with E-state index in [0.29, 0.717) is 39.7 Å². The summed E-state index contributed by atoms with van der Waals surface area (Å²) < 4.78 is 5.88. The van der Waals surface area contributed by atoms with Crippen molar-refractivity contribution in [2.45, 2.75) is 38.8 Å². The van der Waals surface area contributed by atoms with E-state index in [1.54, 1.807) is 36.4 Å². The monoisotopic (exact) mass is 383 g/mol. The highest BCUT2D eigenvalue weighted by Crippen LogP contribution is 2.31. The summed E-state index contributed by atoms with van der Waals surface area (Å²) in [6, 6.07) is 10.8. The number of benzene rings is 2. The summed E-state index contributed by atoms with van der Waals surface area (Å²) in [4.78, 5) is 15.4. The molecule has 4 rings (SSSR count). The van der Waals surface area contributed by atoms with E-state index in [9.17, 15) is 9.90 Å². The maximum Gasteiger partial charge on any atom is 0.200 e. The third kappa shape index (κ3) is 3.47. The van der Waals surface area contributed by atoms with E-state index in [4.69, 9.17) is 16.0 Å². The minimum absolute atomic E-state index is 0.105. The summed E-state index contributed by atoms with van der Waals surface area (Å²) in [6.45, 7) is 3.77. The summed E-state index contributed by atoms with van der Waals surface area (Å²) >= 11 is 5.94. The van der Waals surface area contributed by atoms with Crippen LogP contribution in [-0.2, 0) is 6.54 Å². The largest absolute Gasteiger partial charge is 0.507 e. The number of hydrogen-bond donors (Lipinski definition) is 1. The highest BCUT2D eigenvalue weighted by Gasteiger charge is 2.22. The van der Waals surface area contributed by atoms with Gasteiger partial charge < -0.3 is 9.52 Å². The van der Waals surface area contributed by atoms with Gasteiger partial charge in [-0.2, -0.15) is 0 Å². The number of nitrogens with zero attached hydrogens (tertiary/aromatic N) is 1. The first-order chi connectivity index (χ1) is 13.0. The first kappa shape index (κ1) is 18.1. The van der Waals surface area contributed by atoms with E-state index in [0.717, 1.165) is 24.9 Å². The second-order valence-corrected chi connectivity index (χ2v) is 7.68. The Hall–Kier alpha value is -2.30. The lowest BCUT2D eigenvalue weighted by molar-refractivity contribution is 0.151. The molecular formula is C22H22ClNO3. The van der Waals surface area contributed by atoms with Crippen LogP contribution in [0.4, 0.5) is 0 Å². The van der Waals surface area contributed by atoms with Crippen LogP contribution in [0.3, 0.4) is 0 Å². The van der Waals surface area contributed by atoms with Gasteiger partial charge in [0.25, 0.3) is 0 Å². The van der Waals surface area contributed by atoms with Crippen molar-refractivity contribution in [1.82, 2.24) is 4.90 Å². The molecule has 4 nitrogen and oxygen atoms in total. The molecule has 0 aliphatic carbocycles. The minimum atomic E-state index is -0.105. The molecule has 1 atom stereocenters. The second kappa shape index (κ2) is 7.37. The van der Waals surface area contributed by atoms with Crippen LogP contribution in [0.5, 0.6) is 5.75 Å². The SMILES string of the molecule is C[C@H]1CCCCN1Cc1c(O)ccc2c(=O)c(-c3ccc(Cl)cc3)coc12. The van der Waals surface area contributed by atoms with E-state index in [1.165, 1.54) is 12.7 Å². The molecule has 140 valence electrons. The normalized spacial score (nSPS) is 18.1. The number of piperidine rings is 1. The van der Waals surface area contributed by atoms with Crippen LogP contribution in [0, 0.1) is 0 Å². The predicted molar refractivity (Wildman–Crippen MR) is 108 cm³/mol. The molecular weight excluding hydrogens is 362 g/mol. The summed E-state index contributed by atoms with van der Waals surface area (Å²) in [5, 5.41) is 11.5. The van der Waals surface area contributed by atoms with Crippen LogP contribution in [0.1, 0.15) is 31.7 Å². The van der Waals surface area contributed by atoms with Gasteiger partial charge in [-0.25, -0.2) is 0 Å². The Morgan fingerprint density at radius 1 is 1.19 bits per heavy atom. The van der Waals surface area contributed by atoms with E-state index >= 15 is 0 Å². The molecule has 1 N–H and O–H groups in total. The molecule has 0 bridgehead atoms. The highest BCUT2D eigenvalue weighted by molar-refractivity contribution is 6.30. The second-order valence-electron chi connectivity index (χ2n) is 7.24. The summed E-state index contributed by atoms with van der Waals surface area (Å²) in [6.07, 6.45) is 5.02. The van der Waals surface area contributed by atoms with Gasteiger partial charge in [-0.3, -0.25) is 9.69 Å². The number of fused-ring (bicyclic) bond motifs is 1. The van der Waals surface area contributed by atoms with Crippen molar-refractivity contribution in [2.75, 3.05) is 6.54 Å². The average molecular weight is 384 g/mol. The predicted octanol–water partition coefficient (Wildman–Crippen LogP) is 5.19. The number of halogens is 1. The van der Waals surface area contributed by atoms with E-state index < -0.39 is 0 Å². The quantitative estimate of drug-likeness (QED) is 0.675. The van der Waals surface area contributed by atoms with Crippen LogP contribution in [0.2, 0.25) is 5.02 Å². The Morgan fingerprint density at radius 2 is 1.96 bits per heavy atom. The van der Waals surface area contributed by atoms with Crippen LogP contribution >= 0.6 is 11.6 Å². The molecule has 1 aliphatic heterocycles. The van der Waals surface area contributed by atoms with Gasteiger partial charge in [-0.05, 0) is 56.1 Å². The fourth-order valence-corrected chi connectivity index (χ4v) is 3.95. The molecule has 27 heavy (non-hydrogen) atoms. The third-order valence-corrected chi connectivity index (χ3v) is 5.73. The Balaban J connectivity index is 1.79. The first-order valence-corrected chi connectivity index (χ1v) is 9.69. The molecule has 0 spiro atoms. The molecule has 0 amide bonds. The topological polar surface area (TPSA) is 53.7 Å². The third-order valence-electron chi connectivity index (χ3n) is 5.48. The zero-order chi connectivity index (χ0) is 19.0. The Kier molecular flexibility index (Phi) is 4.94. The molecule has 0 saturated carbocycles. The van der Waals surface area contributed by atoms with Gasteiger partial charge in [-0.15, -0.1) is 0 Å². The molecule has 1 aliphatic rings. The zero-order valence-corrected chi connectivity index (χ0v) is 16.0. The molecule has 1 aromatic heterocycles. The van der Waals surface area contributed by atoms with E-state index in [2.05, 4.69) is 11.8 Å². The lowest BCUT2D eigenvalue weighted by Crippen LogP contribution is -2.36. The minimum Gasteiger partial charge on any atom is -0.507 e. The number of likely N-dealkylation sites (tertiary alicyclic amines) is 1. The summed E-state index contributed by atoms with van der Waals surface area (Å²) in [5.74, 6) is 0.169. The van der Waals surface area contributed by atoms with Crippen LogP contribution in [0.25, 0.3) is 22.1 Å². The van der Waals surface area contributed by atoms with Gasteiger partial charge in [0, 0.05) is 17.6 Å². The van der Waals surface area contributed by atoms with Gasteiger partial charge in [0.05, 0.1) is 16.5 Å². The van der Waals surface area contributed by atoms with Crippen LogP contribution < -0.4 is 5.43 Å². The van der Waals surface area contributed by atoms with Crippen LogP contribution in [-0.4, -0.2) is 22.6 Å². The van der Waals surface area contributed by atoms with Crippen molar-refractivity contribution in [1.29, 1.82) is 0 Å². The molecule has 1 fully saturated rings. The molecule has 0 radical (unpaired) electrons. The Bertz CT molecular complexity index is 1030. The molecule has 2 heterocycles. The molecule has 0 unspecified atom stereocenters. The number of aromatic hydroxyl groups is 1. The van der Waals surface area contributed by atoms with Gasteiger partial charge >= 0.3 is 0 Å². The number of phenols is 1. The number of rotatable bonds is 3. The maximum atomic E-state index is 13.0. The average Bonchev–Trinajstić information content (AvgIpc) is 2.67. The molecule has 1 saturated heterocycles. The van der Waals surface area contributed by atoms with Gasteiger partial charge in [0.1, 0.15) is 17.6 Å². The number of phenolic OH excluding ortho intramolecular Hbond substituents is 1. The van der Waals surface area contributed by atoms with Gasteiger partial charge in [-0.1, -0.05) is 30.2 Å². The Labute approximate surface area is 163 Å². The summed E-state index contributed by atoms with van der Waals surface area (Å²) in [5.41, 5.74) is 2.29. The molecule has 3 aromatic rings. The zero-order valence-electron chi connectivity index (χ0n) is 15.2. The number of hydrogen-bond acceptors (Lipinski definition) is 4. The van der Waals surface area contributed by atoms with Crippen LogP contribution in [0.15, 0.2) is 51.9 Å². The van der Waals surface area contributed by atoms with Crippen molar-refractivity contribution in [2.24, 2.45) is 0 Å². The van der Waals surface area contributed by atoms with Crippen molar-refractivity contribution in [3.63, 3.8) is 0 Å². The van der Waals surface area contributed by atoms with E-state index in [1.807, 2.05) is 0 Å². The fourth-order valence-electron chi connectivity index (χ4n) is 3.82.